The standard InChI is InChI=1S/C19H20ClFN4O5S/c1-29-8-7-25(23-18(27)15-4-5-16(20)31-15)19(28)22-12-2-3-14(13(21)10-12)24-6-9-30-11-17(24)26/h2-5,10H,6-9,11H2,1H3,(H,22,28)(H,23,27). The van der Waals surface area contributed by atoms with Gasteiger partial charge in [-0.2, -0.15) is 0 Å². The van der Waals surface area contributed by atoms with Crippen molar-refractivity contribution in [3.63, 3.8) is 0 Å². The fraction of sp³-hybridized carbons (Fsp3) is 0.316. The number of nitrogens with one attached hydrogen (secondary N) is 2. The number of anilines is 2. The summed E-state index contributed by atoms with van der Waals surface area (Å²) in [6, 6.07) is 6.39. The maximum absolute atomic E-state index is 14.6. The van der Waals surface area contributed by atoms with Crippen LogP contribution in [0.3, 0.4) is 0 Å². The molecule has 1 aromatic heterocycles. The first-order chi connectivity index (χ1) is 14.9. The minimum Gasteiger partial charge on any atom is -0.383 e. The Bertz CT molecular complexity index is 973. The van der Waals surface area contributed by atoms with Crippen LogP contribution in [0.2, 0.25) is 4.34 Å². The number of halogens is 2. The number of carbonyl (C=O) groups is 3. The molecule has 0 spiro atoms. The van der Waals surface area contributed by atoms with E-state index in [0.717, 1.165) is 22.4 Å². The number of methoxy groups -OCH3 is 1. The summed E-state index contributed by atoms with van der Waals surface area (Å²) < 4.78 is 25.1. The van der Waals surface area contributed by atoms with Gasteiger partial charge in [-0.3, -0.25) is 15.0 Å². The summed E-state index contributed by atoms with van der Waals surface area (Å²) in [5.41, 5.74) is 2.74. The van der Waals surface area contributed by atoms with E-state index in [9.17, 15) is 18.8 Å². The summed E-state index contributed by atoms with van der Waals surface area (Å²) in [5, 5.41) is 3.55. The smallest absolute Gasteiger partial charge is 0.340 e. The fourth-order valence-corrected chi connectivity index (χ4v) is 3.70. The molecule has 2 heterocycles. The fourth-order valence-electron chi connectivity index (χ4n) is 2.77. The highest BCUT2D eigenvalue weighted by Crippen LogP contribution is 2.24. The van der Waals surface area contributed by atoms with Gasteiger partial charge in [-0.15, -0.1) is 11.3 Å². The second-order valence-electron chi connectivity index (χ2n) is 6.38. The second kappa shape index (κ2) is 10.5. The van der Waals surface area contributed by atoms with Crippen molar-refractivity contribution in [1.29, 1.82) is 0 Å². The van der Waals surface area contributed by atoms with Gasteiger partial charge in [-0.25, -0.2) is 14.2 Å². The normalized spacial score (nSPS) is 13.8. The van der Waals surface area contributed by atoms with Gasteiger partial charge in [0, 0.05) is 19.3 Å². The number of morpholine rings is 1. The van der Waals surface area contributed by atoms with Crippen molar-refractivity contribution in [3.8, 4) is 0 Å². The maximum atomic E-state index is 14.6. The number of thiophene rings is 1. The van der Waals surface area contributed by atoms with Crippen molar-refractivity contribution in [2.75, 3.05) is 50.2 Å². The Hall–Kier alpha value is -2.73. The topological polar surface area (TPSA) is 100 Å². The zero-order valence-electron chi connectivity index (χ0n) is 16.5. The molecule has 12 heteroatoms. The molecular weight excluding hydrogens is 451 g/mol. The van der Waals surface area contributed by atoms with Crippen LogP contribution in [0, 0.1) is 5.82 Å². The van der Waals surface area contributed by atoms with Gasteiger partial charge >= 0.3 is 6.03 Å². The molecule has 1 aliphatic heterocycles. The van der Waals surface area contributed by atoms with Crippen LogP contribution in [0.5, 0.6) is 0 Å². The summed E-state index contributed by atoms with van der Waals surface area (Å²) in [6.45, 7) is 0.654. The number of amides is 4. The molecule has 0 saturated carbocycles. The van der Waals surface area contributed by atoms with Crippen molar-refractivity contribution in [2.45, 2.75) is 0 Å². The zero-order chi connectivity index (χ0) is 22.4. The molecule has 0 atom stereocenters. The van der Waals surface area contributed by atoms with Gasteiger partial charge in [0.05, 0.1) is 34.7 Å². The van der Waals surface area contributed by atoms with E-state index in [0.29, 0.717) is 15.8 Å². The van der Waals surface area contributed by atoms with Gasteiger partial charge in [0.25, 0.3) is 11.8 Å². The van der Waals surface area contributed by atoms with Crippen molar-refractivity contribution in [2.24, 2.45) is 0 Å². The van der Waals surface area contributed by atoms with E-state index in [4.69, 9.17) is 21.1 Å². The van der Waals surface area contributed by atoms with E-state index in [1.165, 1.54) is 30.2 Å². The molecule has 1 saturated heterocycles. The van der Waals surface area contributed by atoms with Crippen molar-refractivity contribution < 1.29 is 28.2 Å². The number of hydrazine groups is 1. The molecule has 31 heavy (non-hydrogen) atoms. The Kier molecular flexibility index (Phi) is 7.80. The third kappa shape index (κ3) is 5.91. The van der Waals surface area contributed by atoms with Crippen LogP contribution in [0.1, 0.15) is 9.67 Å². The highest BCUT2D eigenvalue weighted by molar-refractivity contribution is 7.18. The van der Waals surface area contributed by atoms with E-state index < -0.39 is 17.8 Å². The molecule has 0 aliphatic carbocycles. The Morgan fingerprint density at radius 1 is 1.35 bits per heavy atom. The van der Waals surface area contributed by atoms with E-state index in [2.05, 4.69) is 10.7 Å². The number of ether oxygens (including phenoxy) is 2. The van der Waals surface area contributed by atoms with Gasteiger partial charge in [0.15, 0.2) is 0 Å². The Morgan fingerprint density at radius 3 is 2.81 bits per heavy atom. The molecule has 166 valence electrons. The molecule has 0 unspecified atom stereocenters. The van der Waals surface area contributed by atoms with Crippen LogP contribution in [0.4, 0.5) is 20.6 Å². The van der Waals surface area contributed by atoms with E-state index in [1.807, 2.05) is 0 Å². The molecule has 3 rings (SSSR count). The number of rotatable bonds is 6. The average molecular weight is 471 g/mol. The van der Waals surface area contributed by atoms with Crippen LogP contribution in [0.15, 0.2) is 30.3 Å². The number of carbonyl (C=O) groups excluding carboxylic acids is 3. The van der Waals surface area contributed by atoms with Gasteiger partial charge in [-0.05, 0) is 30.3 Å². The lowest BCUT2D eigenvalue weighted by Gasteiger charge is -2.27. The highest BCUT2D eigenvalue weighted by Gasteiger charge is 2.24. The molecule has 2 aromatic rings. The number of hydrogen-bond acceptors (Lipinski definition) is 6. The highest BCUT2D eigenvalue weighted by atomic mass is 35.5. The molecule has 1 fully saturated rings. The molecule has 9 nitrogen and oxygen atoms in total. The Labute approximate surface area is 186 Å². The zero-order valence-corrected chi connectivity index (χ0v) is 18.1. The molecule has 4 amide bonds. The van der Waals surface area contributed by atoms with Crippen molar-refractivity contribution in [3.05, 3.63) is 45.4 Å². The number of hydrogen-bond donors (Lipinski definition) is 2. The maximum Gasteiger partial charge on any atom is 0.340 e. The minimum absolute atomic E-state index is 0.0516. The molecule has 1 aromatic carbocycles. The van der Waals surface area contributed by atoms with Crippen LogP contribution >= 0.6 is 22.9 Å². The lowest BCUT2D eigenvalue weighted by atomic mass is 10.2. The second-order valence-corrected chi connectivity index (χ2v) is 8.10. The predicted octanol–water partition coefficient (Wildman–Crippen LogP) is 2.73. The summed E-state index contributed by atoms with van der Waals surface area (Å²) in [5.74, 6) is -1.53. The monoisotopic (exact) mass is 470 g/mol. The quantitative estimate of drug-likeness (QED) is 0.632. The minimum atomic E-state index is -0.692. The SMILES string of the molecule is COCCN(NC(=O)c1ccc(Cl)s1)C(=O)Nc1ccc(N2CCOCC2=O)c(F)c1. The third-order valence-electron chi connectivity index (χ3n) is 4.27. The number of urea groups is 1. The third-order valence-corrected chi connectivity index (χ3v) is 5.50. The van der Waals surface area contributed by atoms with E-state index in [-0.39, 0.29) is 43.6 Å². The molecule has 1 aliphatic rings. The predicted molar refractivity (Wildman–Crippen MR) is 114 cm³/mol. The summed E-state index contributed by atoms with van der Waals surface area (Å²) in [4.78, 5) is 38.6. The summed E-state index contributed by atoms with van der Waals surface area (Å²) in [7, 11) is 1.46. The van der Waals surface area contributed by atoms with Crippen LogP contribution < -0.4 is 15.6 Å². The molecule has 0 bridgehead atoms. The first-order valence-corrected chi connectivity index (χ1v) is 10.4. The van der Waals surface area contributed by atoms with Gasteiger partial charge < -0.3 is 19.7 Å². The van der Waals surface area contributed by atoms with Crippen LogP contribution in [-0.4, -0.2) is 62.9 Å². The lowest BCUT2D eigenvalue weighted by molar-refractivity contribution is -0.125. The van der Waals surface area contributed by atoms with Crippen molar-refractivity contribution >= 4 is 52.2 Å². The van der Waals surface area contributed by atoms with Gasteiger partial charge in [0.2, 0.25) is 0 Å². The molecular formula is C19H20ClFN4O5S. The Morgan fingerprint density at radius 2 is 2.16 bits per heavy atom. The molecule has 2 N–H and O–H groups in total. The molecule has 0 radical (unpaired) electrons. The number of nitrogens with zero attached hydrogens (tertiary/aromatic N) is 2. The van der Waals surface area contributed by atoms with Crippen molar-refractivity contribution in [1.82, 2.24) is 10.4 Å². The van der Waals surface area contributed by atoms with Crippen LogP contribution in [-0.2, 0) is 14.3 Å². The van der Waals surface area contributed by atoms with Crippen LogP contribution in [0.25, 0.3) is 0 Å². The Balaban J connectivity index is 1.69. The van der Waals surface area contributed by atoms with E-state index >= 15 is 0 Å². The first-order valence-electron chi connectivity index (χ1n) is 9.20. The summed E-state index contributed by atoms with van der Waals surface area (Å²) in [6.07, 6.45) is 0. The van der Waals surface area contributed by atoms with Gasteiger partial charge in [-0.1, -0.05) is 11.6 Å². The van der Waals surface area contributed by atoms with Gasteiger partial charge in [0.1, 0.15) is 12.4 Å². The van der Waals surface area contributed by atoms with E-state index in [1.54, 1.807) is 6.07 Å². The number of benzene rings is 1. The lowest BCUT2D eigenvalue weighted by Crippen LogP contribution is -2.49. The largest absolute Gasteiger partial charge is 0.383 e. The average Bonchev–Trinajstić information content (AvgIpc) is 3.18. The summed E-state index contributed by atoms with van der Waals surface area (Å²) >= 11 is 6.91. The first kappa shape index (κ1) is 22.9.